The van der Waals surface area contributed by atoms with Crippen LogP contribution < -0.4 is 0 Å². The molecule has 2 heterocycles. The van der Waals surface area contributed by atoms with Gasteiger partial charge in [0.1, 0.15) is 17.4 Å². The highest BCUT2D eigenvalue weighted by molar-refractivity contribution is 5.68. The molecule has 0 aliphatic carbocycles. The van der Waals surface area contributed by atoms with E-state index in [-0.39, 0.29) is 43.8 Å². The molecule has 5 rings (SSSR count). The summed E-state index contributed by atoms with van der Waals surface area (Å²) in [6.07, 6.45) is -0.908. The molecule has 45 heavy (non-hydrogen) atoms. The molecule has 0 aromatic heterocycles. The lowest BCUT2D eigenvalue weighted by Crippen LogP contribution is -2.61. The van der Waals surface area contributed by atoms with Crippen LogP contribution in [0, 0.1) is 0 Å². The van der Waals surface area contributed by atoms with Gasteiger partial charge in [-0.15, -0.1) is 0 Å². The molecular formula is C37H47FN2O5. The topological polar surface area (TPSA) is 60.5 Å². The van der Waals surface area contributed by atoms with E-state index >= 15 is 4.39 Å². The number of piperidine rings is 2. The predicted molar refractivity (Wildman–Crippen MR) is 172 cm³/mol. The number of rotatable bonds is 11. The van der Waals surface area contributed by atoms with E-state index in [2.05, 4.69) is 4.90 Å². The first-order chi connectivity index (χ1) is 21.7. The van der Waals surface area contributed by atoms with Crippen LogP contribution in [-0.2, 0) is 38.8 Å². The second-order valence-corrected chi connectivity index (χ2v) is 13.2. The van der Waals surface area contributed by atoms with Gasteiger partial charge in [-0.1, -0.05) is 91.0 Å². The molecule has 1 unspecified atom stereocenters. The molecule has 242 valence electrons. The second kappa shape index (κ2) is 15.3. The molecule has 1 amide bonds. The Morgan fingerprint density at radius 2 is 1.16 bits per heavy atom. The lowest BCUT2D eigenvalue weighted by molar-refractivity contribution is -0.188. The minimum absolute atomic E-state index is 0.233. The van der Waals surface area contributed by atoms with Crippen molar-refractivity contribution in [2.45, 2.75) is 83.0 Å². The average molecular weight is 619 g/mol. The normalized spacial score (nSPS) is 22.2. The van der Waals surface area contributed by atoms with Crippen molar-refractivity contribution in [1.29, 1.82) is 0 Å². The number of carbonyl (C=O) groups is 1. The number of nitrogens with zero attached hydrogens (tertiary/aromatic N) is 2. The number of carbonyl (C=O) groups excluding carboxylic acids is 1. The summed E-state index contributed by atoms with van der Waals surface area (Å²) in [6.45, 7) is 8.69. The Kier molecular flexibility index (Phi) is 11.3. The van der Waals surface area contributed by atoms with Gasteiger partial charge in [0.05, 0.1) is 32.0 Å². The number of hydrogen-bond acceptors (Lipinski definition) is 6. The molecule has 0 N–H and O–H groups in total. The summed E-state index contributed by atoms with van der Waals surface area (Å²) in [4.78, 5) is 16.3. The number of hydrogen-bond donors (Lipinski definition) is 0. The van der Waals surface area contributed by atoms with Crippen LogP contribution in [0.1, 0.15) is 50.3 Å². The van der Waals surface area contributed by atoms with E-state index in [1.54, 1.807) is 4.90 Å². The largest absolute Gasteiger partial charge is 0.444 e. The number of amides is 1. The summed E-state index contributed by atoms with van der Waals surface area (Å²) in [5, 5.41) is 0. The monoisotopic (exact) mass is 618 g/mol. The van der Waals surface area contributed by atoms with Crippen LogP contribution >= 0.6 is 0 Å². The van der Waals surface area contributed by atoms with Gasteiger partial charge in [0.15, 0.2) is 0 Å². The van der Waals surface area contributed by atoms with Crippen LogP contribution in [0.5, 0.6) is 0 Å². The van der Waals surface area contributed by atoms with Crippen molar-refractivity contribution in [1.82, 2.24) is 9.80 Å². The van der Waals surface area contributed by atoms with Crippen LogP contribution in [0.2, 0.25) is 0 Å². The Labute approximate surface area is 267 Å². The minimum Gasteiger partial charge on any atom is -0.444 e. The SMILES string of the molecule is CC(C)(C)OC(=O)N1CCC(F)(CN2C[C@H](OCc3ccccc3)C(OCc3ccccc3)[C@H](OCc3ccccc3)C2)CC1. The molecule has 3 atom stereocenters. The van der Waals surface area contributed by atoms with Crippen molar-refractivity contribution in [3.63, 3.8) is 0 Å². The fourth-order valence-corrected chi connectivity index (χ4v) is 5.97. The van der Waals surface area contributed by atoms with Crippen LogP contribution in [0.15, 0.2) is 91.0 Å². The summed E-state index contributed by atoms with van der Waals surface area (Å²) < 4.78 is 41.7. The quantitative estimate of drug-likeness (QED) is 0.236. The zero-order valence-corrected chi connectivity index (χ0v) is 26.8. The van der Waals surface area contributed by atoms with Gasteiger partial charge in [-0.25, -0.2) is 9.18 Å². The molecule has 0 bridgehead atoms. The zero-order valence-electron chi connectivity index (χ0n) is 26.8. The van der Waals surface area contributed by atoms with Crippen LogP contribution in [0.25, 0.3) is 0 Å². The molecule has 2 fully saturated rings. The van der Waals surface area contributed by atoms with E-state index in [1.165, 1.54) is 0 Å². The van der Waals surface area contributed by atoms with Gasteiger partial charge >= 0.3 is 6.09 Å². The Morgan fingerprint density at radius 1 is 0.733 bits per heavy atom. The lowest BCUT2D eigenvalue weighted by atomic mass is 9.91. The fraction of sp³-hybridized carbons (Fsp3) is 0.486. The third-order valence-electron chi connectivity index (χ3n) is 8.33. The molecule has 2 aliphatic rings. The first-order valence-corrected chi connectivity index (χ1v) is 16.0. The standard InChI is InChI=1S/C37H47FN2O5/c1-36(2,3)45-35(41)40-21-19-37(38,20-22-40)28-39-23-32(42-25-29-13-7-4-8-14-29)34(44-27-31-17-11-6-12-18-31)33(24-39)43-26-30-15-9-5-10-16-30/h4-18,32-34H,19-28H2,1-3H3/t32-,33+,34?. The second-order valence-electron chi connectivity index (χ2n) is 13.2. The van der Waals surface area contributed by atoms with Gasteiger partial charge in [-0.2, -0.15) is 0 Å². The van der Waals surface area contributed by atoms with Crippen molar-refractivity contribution in [3.8, 4) is 0 Å². The van der Waals surface area contributed by atoms with Crippen molar-refractivity contribution in [3.05, 3.63) is 108 Å². The maximum atomic E-state index is 16.4. The van der Waals surface area contributed by atoms with E-state index in [4.69, 9.17) is 18.9 Å². The summed E-state index contributed by atoms with van der Waals surface area (Å²) in [5.41, 5.74) is 1.18. The predicted octanol–water partition coefficient (Wildman–Crippen LogP) is 6.80. The summed E-state index contributed by atoms with van der Waals surface area (Å²) in [5.74, 6) is 0. The maximum absolute atomic E-state index is 16.4. The number of alkyl halides is 1. The van der Waals surface area contributed by atoms with Crippen molar-refractivity contribution in [2.75, 3.05) is 32.7 Å². The number of likely N-dealkylation sites (tertiary alicyclic amines) is 2. The lowest BCUT2D eigenvalue weighted by Gasteiger charge is -2.46. The van der Waals surface area contributed by atoms with Gasteiger partial charge in [0, 0.05) is 45.6 Å². The van der Waals surface area contributed by atoms with E-state index in [9.17, 15) is 4.79 Å². The van der Waals surface area contributed by atoms with E-state index in [0.29, 0.717) is 46.0 Å². The Balaban J connectivity index is 1.31. The molecule has 2 aliphatic heterocycles. The highest BCUT2D eigenvalue weighted by atomic mass is 19.1. The van der Waals surface area contributed by atoms with Crippen molar-refractivity contribution in [2.24, 2.45) is 0 Å². The molecule has 8 heteroatoms. The third kappa shape index (κ3) is 10.1. The van der Waals surface area contributed by atoms with Gasteiger partial charge in [0.2, 0.25) is 0 Å². The third-order valence-corrected chi connectivity index (χ3v) is 8.33. The van der Waals surface area contributed by atoms with E-state index in [1.807, 2.05) is 112 Å². The maximum Gasteiger partial charge on any atom is 0.410 e. The molecule has 0 saturated carbocycles. The van der Waals surface area contributed by atoms with Crippen molar-refractivity contribution >= 4 is 6.09 Å². The summed E-state index contributed by atoms with van der Waals surface area (Å²) in [6, 6.07) is 30.2. The molecule has 0 spiro atoms. The highest BCUT2D eigenvalue weighted by Gasteiger charge is 2.44. The molecule has 7 nitrogen and oxygen atoms in total. The van der Waals surface area contributed by atoms with Gasteiger partial charge in [-0.3, -0.25) is 4.90 Å². The Hall–Kier alpha value is -3.30. The molecular weight excluding hydrogens is 571 g/mol. The van der Waals surface area contributed by atoms with Gasteiger partial charge < -0.3 is 23.8 Å². The number of halogens is 1. The van der Waals surface area contributed by atoms with Gasteiger partial charge in [0.25, 0.3) is 0 Å². The number of benzene rings is 3. The molecule has 2 saturated heterocycles. The average Bonchev–Trinajstić information content (AvgIpc) is 3.03. The van der Waals surface area contributed by atoms with Crippen molar-refractivity contribution < 1.29 is 28.1 Å². The Morgan fingerprint density at radius 3 is 1.58 bits per heavy atom. The van der Waals surface area contributed by atoms with Crippen LogP contribution in [0.3, 0.4) is 0 Å². The highest BCUT2D eigenvalue weighted by Crippen LogP contribution is 2.32. The van der Waals surface area contributed by atoms with Crippen LogP contribution in [-0.4, -0.2) is 78.2 Å². The zero-order chi connectivity index (χ0) is 31.7. The fourth-order valence-electron chi connectivity index (χ4n) is 5.97. The smallest absolute Gasteiger partial charge is 0.410 e. The summed E-state index contributed by atoms with van der Waals surface area (Å²) >= 11 is 0. The first-order valence-electron chi connectivity index (χ1n) is 16.0. The minimum atomic E-state index is -1.44. The summed E-state index contributed by atoms with van der Waals surface area (Å²) in [7, 11) is 0. The Bertz CT molecular complexity index is 1260. The first kappa shape index (κ1) is 33.1. The van der Waals surface area contributed by atoms with E-state index in [0.717, 1.165) is 16.7 Å². The van der Waals surface area contributed by atoms with Gasteiger partial charge in [-0.05, 0) is 37.5 Å². The van der Waals surface area contributed by atoms with E-state index < -0.39 is 11.3 Å². The molecule has 3 aromatic carbocycles. The molecule has 3 aromatic rings. The number of ether oxygens (including phenoxy) is 4. The molecule has 0 radical (unpaired) electrons. The van der Waals surface area contributed by atoms with Crippen LogP contribution in [0.4, 0.5) is 9.18 Å².